The van der Waals surface area contributed by atoms with Gasteiger partial charge in [-0.2, -0.15) is 5.26 Å². The Morgan fingerprint density at radius 1 is 1.08 bits per heavy atom. The number of hydrogen-bond donors (Lipinski definition) is 0. The molecule has 0 N–H and O–H groups in total. The van der Waals surface area contributed by atoms with Crippen LogP contribution >= 0.6 is 0 Å². The number of ether oxygens (including phenoxy) is 1. The third-order valence-corrected chi connectivity index (χ3v) is 6.33. The molecule has 0 amide bonds. The Kier molecular flexibility index (Phi) is 5.12. The average molecular weight is 353 g/mol. The third kappa shape index (κ3) is 3.43. The Bertz CT molecular complexity index is 658. The molecule has 0 spiro atoms. The van der Waals surface area contributed by atoms with Crippen LogP contribution in [0.3, 0.4) is 0 Å². The van der Waals surface area contributed by atoms with Crippen LogP contribution in [0.1, 0.15) is 50.5 Å². The number of fused-ring (bicyclic) bond motifs is 2. The molecule has 3 atom stereocenters. The van der Waals surface area contributed by atoms with E-state index in [1.54, 1.807) is 0 Å². The van der Waals surface area contributed by atoms with Crippen LogP contribution in [-0.4, -0.2) is 46.5 Å². The predicted octanol–water partition coefficient (Wildman–Crippen LogP) is 3.06. The fourth-order valence-electron chi connectivity index (χ4n) is 5.05. The van der Waals surface area contributed by atoms with Crippen molar-refractivity contribution in [2.45, 2.75) is 75.7 Å². The van der Waals surface area contributed by atoms with E-state index < -0.39 is 0 Å². The van der Waals surface area contributed by atoms with Crippen molar-refractivity contribution >= 4 is 5.97 Å². The van der Waals surface area contributed by atoms with Gasteiger partial charge in [0.2, 0.25) is 0 Å². The molecule has 0 radical (unpaired) electrons. The van der Waals surface area contributed by atoms with Crippen LogP contribution in [0, 0.1) is 11.5 Å². The van der Waals surface area contributed by atoms with Crippen LogP contribution in [0.5, 0.6) is 0 Å². The summed E-state index contributed by atoms with van der Waals surface area (Å²) in [7, 11) is 0. The number of esters is 1. The SMILES string of the molecule is N#CN1C2CCC1CC(N1CCCCC1C(=O)OCc1ccccc1)C2. The first kappa shape index (κ1) is 17.4. The number of nitrogens with zero attached hydrogens (tertiary/aromatic N) is 3. The lowest BCUT2D eigenvalue weighted by Gasteiger charge is -2.45. The molecule has 3 fully saturated rings. The Labute approximate surface area is 155 Å². The van der Waals surface area contributed by atoms with Crippen LogP contribution in [0.4, 0.5) is 0 Å². The zero-order valence-electron chi connectivity index (χ0n) is 15.2. The summed E-state index contributed by atoms with van der Waals surface area (Å²) < 4.78 is 5.66. The molecule has 0 aliphatic carbocycles. The predicted molar refractivity (Wildman–Crippen MR) is 97.9 cm³/mol. The highest BCUT2D eigenvalue weighted by atomic mass is 16.5. The van der Waals surface area contributed by atoms with E-state index in [1.807, 2.05) is 35.2 Å². The molecule has 3 heterocycles. The zero-order chi connectivity index (χ0) is 17.9. The Hall–Kier alpha value is -2.06. The van der Waals surface area contributed by atoms with Gasteiger partial charge in [0.1, 0.15) is 12.6 Å². The van der Waals surface area contributed by atoms with Gasteiger partial charge in [0.25, 0.3) is 0 Å². The molecule has 4 rings (SSSR count). The zero-order valence-corrected chi connectivity index (χ0v) is 15.2. The van der Waals surface area contributed by atoms with Crippen molar-refractivity contribution in [2.75, 3.05) is 6.54 Å². The molecule has 26 heavy (non-hydrogen) atoms. The van der Waals surface area contributed by atoms with E-state index in [1.165, 1.54) is 0 Å². The summed E-state index contributed by atoms with van der Waals surface area (Å²) in [5.41, 5.74) is 1.03. The Morgan fingerprint density at radius 3 is 2.50 bits per heavy atom. The van der Waals surface area contributed by atoms with Crippen molar-refractivity contribution in [1.29, 1.82) is 5.26 Å². The first-order valence-electron chi connectivity index (χ1n) is 9.90. The molecule has 1 aromatic carbocycles. The van der Waals surface area contributed by atoms with Crippen molar-refractivity contribution in [2.24, 2.45) is 0 Å². The van der Waals surface area contributed by atoms with Gasteiger partial charge in [0.15, 0.2) is 6.19 Å². The maximum atomic E-state index is 12.8. The fraction of sp³-hybridized carbons (Fsp3) is 0.619. The number of likely N-dealkylation sites (tertiary alicyclic amines) is 1. The van der Waals surface area contributed by atoms with Gasteiger partial charge in [0, 0.05) is 18.1 Å². The van der Waals surface area contributed by atoms with E-state index in [0.717, 1.165) is 57.1 Å². The maximum Gasteiger partial charge on any atom is 0.323 e. The molecule has 0 aromatic heterocycles. The summed E-state index contributed by atoms with van der Waals surface area (Å²) in [5.74, 6) is -0.0800. The van der Waals surface area contributed by atoms with Gasteiger partial charge in [0.05, 0.1) is 0 Å². The molecular weight excluding hydrogens is 326 g/mol. The van der Waals surface area contributed by atoms with Gasteiger partial charge in [-0.3, -0.25) is 9.69 Å². The monoisotopic (exact) mass is 353 g/mol. The Morgan fingerprint density at radius 2 is 1.81 bits per heavy atom. The third-order valence-electron chi connectivity index (χ3n) is 6.33. The second-order valence-electron chi connectivity index (χ2n) is 7.86. The molecule has 138 valence electrons. The van der Waals surface area contributed by atoms with Crippen molar-refractivity contribution in [3.8, 4) is 6.19 Å². The number of rotatable bonds is 4. The van der Waals surface area contributed by atoms with Crippen molar-refractivity contribution in [3.63, 3.8) is 0 Å². The van der Waals surface area contributed by atoms with Crippen LogP contribution < -0.4 is 0 Å². The molecule has 2 bridgehead atoms. The minimum absolute atomic E-state index is 0.0800. The molecule has 3 aliphatic heterocycles. The van der Waals surface area contributed by atoms with Crippen molar-refractivity contribution < 1.29 is 9.53 Å². The first-order chi connectivity index (χ1) is 12.8. The normalized spacial score (nSPS) is 31.4. The van der Waals surface area contributed by atoms with Crippen LogP contribution in [0.15, 0.2) is 30.3 Å². The molecule has 0 saturated carbocycles. The van der Waals surface area contributed by atoms with Gasteiger partial charge in [-0.25, -0.2) is 0 Å². The largest absolute Gasteiger partial charge is 0.460 e. The van der Waals surface area contributed by atoms with E-state index >= 15 is 0 Å². The maximum absolute atomic E-state index is 12.8. The van der Waals surface area contributed by atoms with Gasteiger partial charge >= 0.3 is 5.97 Å². The number of benzene rings is 1. The standard InChI is InChI=1S/C21H27N3O2/c22-15-24-17-9-10-18(24)13-19(12-17)23-11-5-4-8-20(23)21(25)26-14-16-6-2-1-3-7-16/h1-3,6-7,17-20H,4-5,8-14H2. The minimum atomic E-state index is -0.120. The molecule has 3 saturated heterocycles. The summed E-state index contributed by atoms with van der Waals surface area (Å²) in [5, 5.41) is 9.38. The minimum Gasteiger partial charge on any atom is -0.460 e. The molecule has 1 aromatic rings. The molecular formula is C21H27N3O2. The topological polar surface area (TPSA) is 56.6 Å². The van der Waals surface area contributed by atoms with Gasteiger partial charge in [-0.05, 0) is 50.6 Å². The number of hydrogen-bond acceptors (Lipinski definition) is 5. The smallest absolute Gasteiger partial charge is 0.323 e. The van der Waals surface area contributed by atoms with Crippen LogP contribution in [-0.2, 0) is 16.1 Å². The van der Waals surface area contributed by atoms with Gasteiger partial charge in [-0.1, -0.05) is 36.8 Å². The van der Waals surface area contributed by atoms with E-state index in [4.69, 9.17) is 4.74 Å². The van der Waals surface area contributed by atoms with Gasteiger partial charge in [-0.15, -0.1) is 0 Å². The number of carbonyl (C=O) groups excluding carboxylic acids is 1. The lowest BCUT2D eigenvalue weighted by Crippen LogP contribution is -2.55. The van der Waals surface area contributed by atoms with E-state index in [0.29, 0.717) is 24.7 Å². The second-order valence-corrected chi connectivity index (χ2v) is 7.86. The van der Waals surface area contributed by atoms with Crippen LogP contribution in [0.2, 0.25) is 0 Å². The van der Waals surface area contributed by atoms with Crippen LogP contribution in [0.25, 0.3) is 0 Å². The summed E-state index contributed by atoms with van der Waals surface area (Å²) in [4.78, 5) is 17.2. The average Bonchev–Trinajstić information content (AvgIpc) is 2.94. The highest BCUT2D eigenvalue weighted by Crippen LogP contribution is 2.38. The summed E-state index contributed by atoms with van der Waals surface area (Å²) in [6, 6.07) is 10.9. The second kappa shape index (κ2) is 7.67. The van der Waals surface area contributed by atoms with E-state index in [-0.39, 0.29) is 12.0 Å². The fourth-order valence-corrected chi connectivity index (χ4v) is 5.05. The van der Waals surface area contributed by atoms with Crippen molar-refractivity contribution in [1.82, 2.24) is 9.80 Å². The number of nitriles is 1. The van der Waals surface area contributed by atoms with E-state index in [2.05, 4.69) is 11.1 Å². The molecule has 3 aliphatic rings. The highest BCUT2D eigenvalue weighted by molar-refractivity contribution is 5.76. The lowest BCUT2D eigenvalue weighted by molar-refractivity contribution is -0.154. The Balaban J connectivity index is 1.40. The first-order valence-corrected chi connectivity index (χ1v) is 9.90. The summed E-state index contributed by atoms with van der Waals surface area (Å²) >= 11 is 0. The van der Waals surface area contributed by atoms with E-state index in [9.17, 15) is 10.1 Å². The summed E-state index contributed by atoms with van der Waals surface area (Å²) in [6.07, 6.45) is 9.76. The summed E-state index contributed by atoms with van der Waals surface area (Å²) in [6.45, 7) is 1.32. The number of piperidine rings is 2. The number of carbonyl (C=O) groups is 1. The van der Waals surface area contributed by atoms with Gasteiger partial charge < -0.3 is 9.64 Å². The molecule has 5 nitrogen and oxygen atoms in total. The van der Waals surface area contributed by atoms with Crippen molar-refractivity contribution in [3.05, 3.63) is 35.9 Å². The molecule has 3 unspecified atom stereocenters. The molecule has 5 heteroatoms. The quantitative estimate of drug-likeness (QED) is 0.615. The highest BCUT2D eigenvalue weighted by Gasteiger charge is 2.45. The lowest BCUT2D eigenvalue weighted by atomic mass is 9.91.